The molecule has 4 aliphatic carbocycles. The van der Waals surface area contributed by atoms with Crippen LogP contribution in [0, 0.1) is 35.0 Å². The van der Waals surface area contributed by atoms with Crippen LogP contribution in [0.4, 0.5) is 0 Å². The second-order valence-electron chi connectivity index (χ2n) is 8.13. The van der Waals surface area contributed by atoms with E-state index < -0.39 is 0 Å². The highest BCUT2D eigenvalue weighted by molar-refractivity contribution is 5.01. The van der Waals surface area contributed by atoms with Gasteiger partial charge in [-0.2, -0.15) is 0 Å². The molecular formula is C17H29NO. The largest absolute Gasteiger partial charge is 0.381 e. The molecule has 0 radical (unpaired) electrons. The summed E-state index contributed by atoms with van der Waals surface area (Å²) in [5, 5.41) is 3.44. The third-order valence-corrected chi connectivity index (χ3v) is 6.83. The van der Waals surface area contributed by atoms with Crippen molar-refractivity contribution >= 4 is 0 Å². The van der Waals surface area contributed by atoms with Gasteiger partial charge in [0.15, 0.2) is 0 Å². The van der Waals surface area contributed by atoms with Gasteiger partial charge < -0.3 is 10.1 Å². The zero-order valence-corrected chi connectivity index (χ0v) is 12.4. The Kier molecular flexibility index (Phi) is 3.15. The first-order chi connectivity index (χ1) is 9.28. The standard InChI is InChI=1S/C17H29NO/c1-18-10-17(2-3-19-11-17)9-16-14-5-12-4-13(7-14)8-15(16)6-12/h12-16,18H,2-11H2,1H3. The molecule has 5 rings (SSSR count). The zero-order valence-electron chi connectivity index (χ0n) is 12.4. The van der Waals surface area contributed by atoms with Crippen LogP contribution >= 0.6 is 0 Å². The van der Waals surface area contributed by atoms with Crippen LogP contribution in [0.2, 0.25) is 0 Å². The lowest BCUT2D eigenvalue weighted by Gasteiger charge is -2.56. The Bertz CT molecular complexity index is 306. The van der Waals surface area contributed by atoms with Crippen molar-refractivity contribution in [2.45, 2.75) is 44.9 Å². The van der Waals surface area contributed by atoms with E-state index in [0.717, 1.165) is 49.3 Å². The summed E-state index contributed by atoms with van der Waals surface area (Å²) in [5.41, 5.74) is 0.467. The monoisotopic (exact) mass is 263 g/mol. The Hall–Kier alpha value is -0.0800. The van der Waals surface area contributed by atoms with Gasteiger partial charge in [0.25, 0.3) is 0 Å². The van der Waals surface area contributed by atoms with E-state index in [1.807, 2.05) is 0 Å². The van der Waals surface area contributed by atoms with Crippen LogP contribution < -0.4 is 5.32 Å². The van der Waals surface area contributed by atoms with Crippen molar-refractivity contribution in [3.63, 3.8) is 0 Å². The topological polar surface area (TPSA) is 21.3 Å². The maximum Gasteiger partial charge on any atom is 0.0535 e. The zero-order chi connectivity index (χ0) is 12.9. The maximum absolute atomic E-state index is 5.77. The second-order valence-corrected chi connectivity index (χ2v) is 8.13. The molecule has 2 heteroatoms. The number of ether oxygens (including phenoxy) is 1. The number of hydrogen-bond acceptors (Lipinski definition) is 2. The Morgan fingerprint density at radius 3 is 2.26 bits per heavy atom. The van der Waals surface area contributed by atoms with E-state index in [9.17, 15) is 0 Å². The molecule has 5 aliphatic rings. The highest BCUT2D eigenvalue weighted by atomic mass is 16.5. The Morgan fingerprint density at radius 2 is 1.74 bits per heavy atom. The highest BCUT2D eigenvalue weighted by Gasteiger charge is 2.50. The molecule has 5 fully saturated rings. The SMILES string of the molecule is CNCC1(CC2C3CC4CC(C3)CC2C4)CCOC1. The average Bonchev–Trinajstić information content (AvgIpc) is 2.82. The highest BCUT2D eigenvalue weighted by Crippen LogP contribution is 2.59. The van der Waals surface area contributed by atoms with E-state index in [0.29, 0.717) is 5.41 Å². The van der Waals surface area contributed by atoms with Gasteiger partial charge in [-0.15, -0.1) is 0 Å². The van der Waals surface area contributed by atoms with Crippen LogP contribution in [0.25, 0.3) is 0 Å². The van der Waals surface area contributed by atoms with Crippen LogP contribution in [-0.4, -0.2) is 26.8 Å². The molecule has 1 N–H and O–H groups in total. The molecule has 19 heavy (non-hydrogen) atoms. The molecule has 0 amide bonds. The summed E-state index contributed by atoms with van der Waals surface area (Å²) < 4.78 is 5.77. The molecule has 2 nitrogen and oxygen atoms in total. The molecular weight excluding hydrogens is 234 g/mol. The first-order valence-electron chi connectivity index (χ1n) is 8.50. The van der Waals surface area contributed by atoms with Gasteiger partial charge in [-0.3, -0.25) is 0 Å². The van der Waals surface area contributed by atoms with Gasteiger partial charge in [0.05, 0.1) is 6.61 Å². The van der Waals surface area contributed by atoms with Crippen LogP contribution in [0.3, 0.4) is 0 Å². The smallest absolute Gasteiger partial charge is 0.0535 e. The van der Waals surface area contributed by atoms with Crippen LogP contribution in [-0.2, 0) is 4.74 Å². The molecule has 1 aliphatic heterocycles. The van der Waals surface area contributed by atoms with Gasteiger partial charge in [0.1, 0.15) is 0 Å². The fourth-order valence-electron chi connectivity index (χ4n) is 6.27. The summed E-state index contributed by atoms with van der Waals surface area (Å²) in [6.45, 7) is 3.17. The molecule has 1 heterocycles. The fraction of sp³-hybridized carbons (Fsp3) is 1.00. The van der Waals surface area contributed by atoms with Gasteiger partial charge in [-0.1, -0.05) is 0 Å². The molecule has 0 aromatic heterocycles. The lowest BCUT2D eigenvalue weighted by molar-refractivity contribution is -0.0566. The van der Waals surface area contributed by atoms with Crippen molar-refractivity contribution in [3.05, 3.63) is 0 Å². The third kappa shape index (κ3) is 2.15. The van der Waals surface area contributed by atoms with E-state index in [1.54, 1.807) is 32.1 Å². The minimum Gasteiger partial charge on any atom is -0.381 e. The molecule has 108 valence electrons. The van der Waals surface area contributed by atoms with E-state index in [4.69, 9.17) is 4.74 Å². The Labute approximate surface area is 117 Å². The molecule has 1 atom stereocenters. The molecule has 4 bridgehead atoms. The molecule has 1 saturated heterocycles. The van der Waals surface area contributed by atoms with Crippen molar-refractivity contribution in [2.75, 3.05) is 26.8 Å². The molecule has 0 spiro atoms. The summed E-state index contributed by atoms with van der Waals surface area (Å²) >= 11 is 0. The second kappa shape index (κ2) is 4.73. The number of nitrogens with one attached hydrogen (secondary N) is 1. The molecule has 4 saturated carbocycles. The maximum atomic E-state index is 5.77. The van der Waals surface area contributed by atoms with E-state index in [1.165, 1.54) is 12.8 Å². The average molecular weight is 263 g/mol. The molecule has 0 aromatic rings. The minimum atomic E-state index is 0.467. The number of hydrogen-bond donors (Lipinski definition) is 1. The summed E-state index contributed by atoms with van der Waals surface area (Å²) in [6.07, 6.45) is 10.6. The van der Waals surface area contributed by atoms with Crippen molar-refractivity contribution < 1.29 is 4.74 Å². The van der Waals surface area contributed by atoms with Gasteiger partial charge in [0, 0.05) is 18.6 Å². The lowest BCUT2D eigenvalue weighted by Crippen LogP contribution is -2.48. The van der Waals surface area contributed by atoms with Crippen molar-refractivity contribution in [1.29, 1.82) is 0 Å². The van der Waals surface area contributed by atoms with Gasteiger partial charge in [-0.05, 0) is 81.6 Å². The van der Waals surface area contributed by atoms with Crippen molar-refractivity contribution in [2.24, 2.45) is 35.0 Å². The Balaban J connectivity index is 1.50. The summed E-state index contributed by atoms with van der Waals surface area (Å²) in [5.74, 6) is 5.40. The number of rotatable bonds is 4. The van der Waals surface area contributed by atoms with Crippen molar-refractivity contribution in [1.82, 2.24) is 5.32 Å². The van der Waals surface area contributed by atoms with Crippen molar-refractivity contribution in [3.8, 4) is 0 Å². The predicted molar refractivity (Wildman–Crippen MR) is 76.9 cm³/mol. The summed E-state index contributed by atoms with van der Waals surface area (Å²) in [7, 11) is 2.11. The van der Waals surface area contributed by atoms with E-state index in [2.05, 4.69) is 12.4 Å². The van der Waals surface area contributed by atoms with E-state index >= 15 is 0 Å². The molecule has 0 aromatic carbocycles. The lowest BCUT2D eigenvalue weighted by atomic mass is 9.50. The van der Waals surface area contributed by atoms with Gasteiger partial charge in [-0.25, -0.2) is 0 Å². The Morgan fingerprint density at radius 1 is 1.05 bits per heavy atom. The predicted octanol–water partition coefficient (Wildman–Crippen LogP) is 3.07. The van der Waals surface area contributed by atoms with Crippen LogP contribution in [0.15, 0.2) is 0 Å². The van der Waals surface area contributed by atoms with Crippen LogP contribution in [0.1, 0.15) is 44.9 Å². The quantitative estimate of drug-likeness (QED) is 0.841. The summed E-state index contributed by atoms with van der Waals surface area (Å²) in [6, 6.07) is 0. The first-order valence-corrected chi connectivity index (χ1v) is 8.50. The normalized spacial score (nSPS) is 51.9. The van der Waals surface area contributed by atoms with Gasteiger partial charge >= 0.3 is 0 Å². The minimum absolute atomic E-state index is 0.467. The summed E-state index contributed by atoms with van der Waals surface area (Å²) in [4.78, 5) is 0. The van der Waals surface area contributed by atoms with Gasteiger partial charge in [0.2, 0.25) is 0 Å². The van der Waals surface area contributed by atoms with Crippen LogP contribution in [0.5, 0.6) is 0 Å². The molecule has 1 unspecified atom stereocenters. The first kappa shape index (κ1) is 12.6. The fourth-order valence-corrected chi connectivity index (χ4v) is 6.27. The van der Waals surface area contributed by atoms with E-state index in [-0.39, 0.29) is 0 Å². The third-order valence-electron chi connectivity index (χ3n) is 6.83.